The highest BCUT2D eigenvalue weighted by atomic mass is 16.2. The summed E-state index contributed by atoms with van der Waals surface area (Å²) >= 11 is 0. The predicted octanol–water partition coefficient (Wildman–Crippen LogP) is 2.72. The zero-order chi connectivity index (χ0) is 19.1. The Kier molecular flexibility index (Phi) is 4.44. The molecule has 2 aliphatic carbocycles. The number of carbonyl (C=O) groups is 3. The third kappa shape index (κ3) is 3.22. The minimum Gasteiger partial charge on any atom is -0.352 e. The van der Waals surface area contributed by atoms with Crippen LogP contribution in [0.4, 0.5) is 4.79 Å². The van der Waals surface area contributed by atoms with Gasteiger partial charge in [-0.15, -0.1) is 0 Å². The highest BCUT2D eigenvalue weighted by Gasteiger charge is 2.54. The zero-order valence-corrected chi connectivity index (χ0v) is 15.8. The second-order valence-electron chi connectivity index (χ2n) is 8.40. The van der Waals surface area contributed by atoms with Crippen molar-refractivity contribution in [2.45, 2.75) is 64.0 Å². The summed E-state index contributed by atoms with van der Waals surface area (Å²) in [6.45, 7) is 2.17. The molecular formula is C21H27N3O3. The van der Waals surface area contributed by atoms with Crippen molar-refractivity contribution in [3.8, 4) is 0 Å². The monoisotopic (exact) mass is 369 g/mol. The van der Waals surface area contributed by atoms with Crippen LogP contribution >= 0.6 is 0 Å². The van der Waals surface area contributed by atoms with Crippen molar-refractivity contribution in [2.24, 2.45) is 11.3 Å². The van der Waals surface area contributed by atoms with Crippen molar-refractivity contribution in [1.82, 2.24) is 16.0 Å². The molecule has 1 atom stereocenters. The van der Waals surface area contributed by atoms with E-state index in [9.17, 15) is 14.4 Å². The van der Waals surface area contributed by atoms with Crippen LogP contribution in [-0.4, -0.2) is 17.8 Å². The Labute approximate surface area is 159 Å². The number of imide groups is 1. The molecule has 1 unspecified atom stereocenters. The van der Waals surface area contributed by atoms with Gasteiger partial charge in [0.25, 0.3) is 5.91 Å². The summed E-state index contributed by atoms with van der Waals surface area (Å²) in [5, 5.41) is 8.06. The molecule has 0 bridgehead atoms. The highest BCUT2D eigenvalue weighted by molar-refractivity contribution is 6.07. The van der Waals surface area contributed by atoms with Gasteiger partial charge in [0, 0.05) is 6.54 Å². The first-order valence-corrected chi connectivity index (χ1v) is 9.95. The van der Waals surface area contributed by atoms with E-state index in [1.807, 2.05) is 24.3 Å². The molecule has 0 radical (unpaired) electrons. The maximum Gasteiger partial charge on any atom is 0.322 e. The summed E-state index contributed by atoms with van der Waals surface area (Å²) in [4.78, 5) is 36.2. The van der Waals surface area contributed by atoms with Gasteiger partial charge in [0.15, 0.2) is 0 Å². The minimum atomic E-state index is -1.04. The lowest BCUT2D eigenvalue weighted by Crippen LogP contribution is -2.40. The molecule has 6 nitrogen and oxygen atoms in total. The van der Waals surface area contributed by atoms with E-state index in [0.29, 0.717) is 12.5 Å². The van der Waals surface area contributed by atoms with Crippen molar-refractivity contribution < 1.29 is 14.4 Å². The van der Waals surface area contributed by atoms with Crippen molar-refractivity contribution in [3.05, 3.63) is 35.4 Å². The highest BCUT2D eigenvalue weighted by Crippen LogP contribution is 2.56. The van der Waals surface area contributed by atoms with Crippen LogP contribution < -0.4 is 16.0 Å². The maximum absolute atomic E-state index is 12.8. The number of rotatable bonds is 5. The first kappa shape index (κ1) is 18.0. The number of carbonyl (C=O) groups excluding carboxylic acids is 3. The summed E-state index contributed by atoms with van der Waals surface area (Å²) in [6, 6.07) is 7.00. The van der Waals surface area contributed by atoms with E-state index in [1.165, 1.54) is 32.1 Å². The average Bonchev–Trinajstić information content (AvgIpc) is 3.44. The topological polar surface area (TPSA) is 87.3 Å². The van der Waals surface area contributed by atoms with Crippen LogP contribution in [0.1, 0.15) is 63.0 Å². The summed E-state index contributed by atoms with van der Waals surface area (Å²) in [5.41, 5.74) is 0.555. The maximum atomic E-state index is 12.8. The fraction of sp³-hybridized carbons (Fsp3) is 0.571. The van der Waals surface area contributed by atoms with E-state index < -0.39 is 11.6 Å². The van der Waals surface area contributed by atoms with E-state index in [0.717, 1.165) is 24.0 Å². The molecule has 4 rings (SSSR count). The van der Waals surface area contributed by atoms with E-state index >= 15 is 0 Å². The van der Waals surface area contributed by atoms with E-state index in [-0.39, 0.29) is 17.2 Å². The quantitative estimate of drug-likeness (QED) is 0.698. The zero-order valence-electron chi connectivity index (χ0n) is 15.8. The molecule has 6 heteroatoms. The largest absolute Gasteiger partial charge is 0.352 e. The second-order valence-corrected chi connectivity index (χ2v) is 8.40. The van der Waals surface area contributed by atoms with Crippen LogP contribution in [-0.2, 0) is 21.7 Å². The summed E-state index contributed by atoms with van der Waals surface area (Å²) in [7, 11) is 0. The van der Waals surface area contributed by atoms with Crippen LogP contribution in [0.15, 0.2) is 24.3 Å². The van der Waals surface area contributed by atoms with Gasteiger partial charge in [-0.25, -0.2) is 4.79 Å². The number of amides is 4. The lowest BCUT2D eigenvalue weighted by atomic mass is 9.77. The van der Waals surface area contributed by atoms with Gasteiger partial charge in [-0.2, -0.15) is 0 Å². The van der Waals surface area contributed by atoms with Gasteiger partial charge >= 0.3 is 6.03 Å². The SMILES string of the molecule is CC1(c2ccc(CNC(=O)C3(C4CCCCC4)CC3)cc2)NC(=O)NC1=O. The summed E-state index contributed by atoms with van der Waals surface area (Å²) < 4.78 is 0. The fourth-order valence-electron chi connectivity index (χ4n) is 4.67. The van der Waals surface area contributed by atoms with Crippen LogP contribution in [0.3, 0.4) is 0 Å². The van der Waals surface area contributed by atoms with Crippen LogP contribution in [0, 0.1) is 11.3 Å². The van der Waals surface area contributed by atoms with Crippen molar-refractivity contribution in [1.29, 1.82) is 0 Å². The lowest BCUT2D eigenvalue weighted by molar-refractivity contribution is -0.129. The van der Waals surface area contributed by atoms with Gasteiger partial charge in [0.2, 0.25) is 5.91 Å². The summed E-state index contributed by atoms with van der Waals surface area (Å²) in [6.07, 6.45) is 8.24. The molecular weight excluding hydrogens is 342 g/mol. The average molecular weight is 369 g/mol. The third-order valence-electron chi connectivity index (χ3n) is 6.66. The molecule has 3 N–H and O–H groups in total. The molecule has 0 spiro atoms. The Balaban J connectivity index is 1.37. The molecule has 3 fully saturated rings. The molecule has 4 amide bonds. The first-order chi connectivity index (χ1) is 12.9. The Morgan fingerprint density at radius 2 is 1.78 bits per heavy atom. The number of hydrogen-bond donors (Lipinski definition) is 3. The van der Waals surface area contributed by atoms with Crippen LogP contribution in [0.2, 0.25) is 0 Å². The molecule has 144 valence electrons. The normalized spacial score (nSPS) is 27.0. The number of urea groups is 1. The van der Waals surface area contributed by atoms with Gasteiger partial charge in [0.1, 0.15) is 5.54 Å². The van der Waals surface area contributed by atoms with Crippen LogP contribution in [0.25, 0.3) is 0 Å². The molecule has 3 aliphatic rings. The number of nitrogens with one attached hydrogen (secondary N) is 3. The molecule has 1 aromatic carbocycles. The van der Waals surface area contributed by atoms with E-state index in [2.05, 4.69) is 16.0 Å². The van der Waals surface area contributed by atoms with E-state index in [1.54, 1.807) is 6.92 Å². The Morgan fingerprint density at radius 1 is 1.11 bits per heavy atom. The fourth-order valence-corrected chi connectivity index (χ4v) is 4.67. The molecule has 1 aliphatic heterocycles. The Bertz CT molecular complexity index is 763. The molecule has 0 aromatic heterocycles. The van der Waals surface area contributed by atoms with Gasteiger partial charge in [-0.05, 0) is 49.7 Å². The van der Waals surface area contributed by atoms with Gasteiger partial charge in [0.05, 0.1) is 5.41 Å². The van der Waals surface area contributed by atoms with Gasteiger partial charge in [-0.3, -0.25) is 14.9 Å². The smallest absolute Gasteiger partial charge is 0.322 e. The van der Waals surface area contributed by atoms with Crippen molar-refractivity contribution >= 4 is 17.8 Å². The van der Waals surface area contributed by atoms with Gasteiger partial charge in [-0.1, -0.05) is 43.5 Å². The Morgan fingerprint density at radius 3 is 2.33 bits per heavy atom. The van der Waals surface area contributed by atoms with Crippen LogP contribution in [0.5, 0.6) is 0 Å². The van der Waals surface area contributed by atoms with Crippen molar-refractivity contribution in [2.75, 3.05) is 0 Å². The summed E-state index contributed by atoms with van der Waals surface area (Å²) in [5.74, 6) is 0.405. The first-order valence-electron chi connectivity index (χ1n) is 9.95. The Hall–Kier alpha value is -2.37. The van der Waals surface area contributed by atoms with E-state index in [4.69, 9.17) is 0 Å². The minimum absolute atomic E-state index is 0.111. The standard InChI is InChI=1S/C21H27N3O3/c1-20(17(25)23-19(27)24-20)15-9-7-14(8-10-15)13-22-18(26)21(11-12-21)16-5-3-2-4-6-16/h7-10,16H,2-6,11-13H2,1H3,(H,22,26)(H2,23,24,25,27). The predicted molar refractivity (Wildman–Crippen MR) is 101 cm³/mol. The third-order valence-corrected chi connectivity index (χ3v) is 6.66. The molecule has 1 saturated heterocycles. The molecule has 2 saturated carbocycles. The number of benzene rings is 1. The second kappa shape index (κ2) is 6.66. The number of hydrogen-bond acceptors (Lipinski definition) is 3. The lowest BCUT2D eigenvalue weighted by Gasteiger charge is -2.29. The molecule has 1 aromatic rings. The molecule has 1 heterocycles. The van der Waals surface area contributed by atoms with Gasteiger partial charge < -0.3 is 10.6 Å². The van der Waals surface area contributed by atoms with Crippen molar-refractivity contribution in [3.63, 3.8) is 0 Å². The molecule has 27 heavy (non-hydrogen) atoms.